The van der Waals surface area contributed by atoms with Gasteiger partial charge in [-0.25, -0.2) is 9.18 Å². The maximum atomic E-state index is 13.4. The van der Waals surface area contributed by atoms with Crippen LogP contribution in [0.25, 0.3) is 16.5 Å². The zero-order valence-corrected chi connectivity index (χ0v) is 8.04. The van der Waals surface area contributed by atoms with Crippen molar-refractivity contribution in [3.63, 3.8) is 0 Å². The van der Waals surface area contributed by atoms with Gasteiger partial charge in [0, 0.05) is 17.7 Å². The van der Waals surface area contributed by atoms with Crippen molar-refractivity contribution in [1.29, 1.82) is 0 Å². The Labute approximate surface area is 89.7 Å². The minimum Gasteiger partial charge on any atom is -0.478 e. The van der Waals surface area contributed by atoms with Crippen LogP contribution in [-0.4, -0.2) is 22.6 Å². The second-order valence-electron chi connectivity index (χ2n) is 2.68. The van der Waals surface area contributed by atoms with Gasteiger partial charge in [0.25, 0.3) is 0 Å². The molecule has 0 fully saturated rings. The number of pyridine rings is 1. The van der Waals surface area contributed by atoms with Crippen molar-refractivity contribution >= 4 is 12.0 Å². The van der Waals surface area contributed by atoms with Crippen LogP contribution in [0.5, 0.6) is 0 Å². The Balaban J connectivity index is 2.97. The topological polar surface area (TPSA) is 99.0 Å². The van der Waals surface area contributed by atoms with Gasteiger partial charge in [0.2, 0.25) is 0 Å². The van der Waals surface area contributed by atoms with E-state index in [1.165, 1.54) is 18.3 Å². The molecule has 0 atom stereocenters. The second kappa shape index (κ2) is 5.47. The van der Waals surface area contributed by atoms with Gasteiger partial charge in [0.1, 0.15) is 0 Å². The molecule has 0 radical (unpaired) electrons. The molecule has 1 heterocycles. The molecule has 6 nitrogen and oxygen atoms in total. The summed E-state index contributed by atoms with van der Waals surface area (Å²) in [5.74, 6) is -2.27. The lowest BCUT2D eigenvalue weighted by Gasteiger charge is -1.99. The quantitative estimate of drug-likeness (QED) is 0.480. The average Bonchev–Trinajstić information content (AvgIpc) is 2.26. The Hall–Kier alpha value is -2.40. The SMILES string of the molecule is [N-]=[N+]=NCC=Cc1nccc(C(=O)O)c1F. The highest BCUT2D eigenvalue weighted by molar-refractivity contribution is 5.88. The van der Waals surface area contributed by atoms with Crippen LogP contribution in [0, 0.1) is 5.82 Å². The summed E-state index contributed by atoms with van der Waals surface area (Å²) in [7, 11) is 0. The molecule has 1 N–H and O–H groups in total. The fraction of sp³-hybridized carbons (Fsp3) is 0.111. The zero-order chi connectivity index (χ0) is 12.0. The third-order valence-electron chi connectivity index (χ3n) is 1.67. The van der Waals surface area contributed by atoms with E-state index in [1.54, 1.807) is 0 Å². The van der Waals surface area contributed by atoms with E-state index in [4.69, 9.17) is 10.6 Å². The molecular formula is C9H7FN4O2. The summed E-state index contributed by atoms with van der Waals surface area (Å²) < 4.78 is 13.4. The smallest absolute Gasteiger partial charge is 0.338 e. The van der Waals surface area contributed by atoms with E-state index in [9.17, 15) is 9.18 Å². The fourth-order valence-electron chi connectivity index (χ4n) is 0.989. The number of carbonyl (C=O) groups is 1. The van der Waals surface area contributed by atoms with E-state index in [1.807, 2.05) is 0 Å². The molecule has 1 aromatic rings. The molecule has 0 unspecified atom stereocenters. The summed E-state index contributed by atoms with van der Waals surface area (Å²) in [6, 6.07) is 1.07. The second-order valence-corrected chi connectivity index (χ2v) is 2.68. The van der Waals surface area contributed by atoms with Crippen molar-refractivity contribution in [3.05, 3.63) is 45.9 Å². The molecule has 0 amide bonds. The van der Waals surface area contributed by atoms with Crippen LogP contribution in [-0.2, 0) is 0 Å². The summed E-state index contributed by atoms with van der Waals surface area (Å²) in [4.78, 5) is 16.8. The van der Waals surface area contributed by atoms with Crippen molar-refractivity contribution in [3.8, 4) is 0 Å². The van der Waals surface area contributed by atoms with Crippen molar-refractivity contribution in [2.75, 3.05) is 6.54 Å². The molecule has 0 bridgehead atoms. The van der Waals surface area contributed by atoms with Crippen molar-refractivity contribution < 1.29 is 14.3 Å². The highest BCUT2D eigenvalue weighted by Crippen LogP contribution is 2.11. The van der Waals surface area contributed by atoms with Crippen LogP contribution >= 0.6 is 0 Å². The summed E-state index contributed by atoms with van der Waals surface area (Å²) >= 11 is 0. The third-order valence-corrected chi connectivity index (χ3v) is 1.67. The van der Waals surface area contributed by atoms with E-state index in [-0.39, 0.29) is 12.2 Å². The normalized spacial score (nSPS) is 10.1. The molecule has 1 aromatic heterocycles. The average molecular weight is 222 g/mol. The van der Waals surface area contributed by atoms with E-state index >= 15 is 0 Å². The van der Waals surface area contributed by atoms with Crippen LogP contribution in [0.3, 0.4) is 0 Å². The maximum absolute atomic E-state index is 13.4. The van der Waals surface area contributed by atoms with Crippen molar-refractivity contribution in [2.45, 2.75) is 0 Å². The Morgan fingerprint density at radius 3 is 3.12 bits per heavy atom. The largest absolute Gasteiger partial charge is 0.478 e. The molecule has 0 saturated carbocycles. The van der Waals surface area contributed by atoms with Gasteiger partial charge in [-0.3, -0.25) is 4.98 Å². The first-order valence-corrected chi connectivity index (χ1v) is 4.22. The van der Waals surface area contributed by atoms with Gasteiger partial charge in [-0.15, -0.1) is 0 Å². The van der Waals surface area contributed by atoms with E-state index in [0.717, 1.165) is 6.07 Å². The highest BCUT2D eigenvalue weighted by atomic mass is 19.1. The van der Waals surface area contributed by atoms with Crippen LogP contribution in [0.4, 0.5) is 4.39 Å². The zero-order valence-electron chi connectivity index (χ0n) is 8.04. The molecular weight excluding hydrogens is 215 g/mol. The van der Waals surface area contributed by atoms with E-state index in [2.05, 4.69) is 15.0 Å². The Morgan fingerprint density at radius 1 is 1.75 bits per heavy atom. The highest BCUT2D eigenvalue weighted by Gasteiger charge is 2.12. The molecule has 82 valence electrons. The van der Waals surface area contributed by atoms with Crippen LogP contribution < -0.4 is 0 Å². The summed E-state index contributed by atoms with van der Waals surface area (Å²) in [6.07, 6.45) is 3.84. The molecule has 0 spiro atoms. The summed E-state index contributed by atoms with van der Waals surface area (Å²) in [5, 5.41) is 11.8. The number of rotatable bonds is 4. The maximum Gasteiger partial charge on any atom is 0.338 e. The van der Waals surface area contributed by atoms with E-state index in [0.29, 0.717) is 0 Å². The predicted octanol–water partition coefficient (Wildman–Crippen LogP) is 2.24. The lowest BCUT2D eigenvalue weighted by Crippen LogP contribution is -2.03. The molecule has 0 aliphatic carbocycles. The van der Waals surface area contributed by atoms with E-state index < -0.39 is 17.3 Å². The molecule has 0 saturated heterocycles. The molecule has 7 heteroatoms. The van der Waals surface area contributed by atoms with Crippen molar-refractivity contribution in [1.82, 2.24) is 4.98 Å². The van der Waals surface area contributed by atoms with Crippen LogP contribution in [0.15, 0.2) is 23.5 Å². The van der Waals surface area contributed by atoms with Gasteiger partial charge >= 0.3 is 5.97 Å². The van der Waals surface area contributed by atoms with Crippen molar-refractivity contribution in [2.24, 2.45) is 5.11 Å². The Kier molecular flexibility index (Phi) is 3.99. The monoisotopic (exact) mass is 222 g/mol. The fourth-order valence-corrected chi connectivity index (χ4v) is 0.989. The number of carboxylic acids is 1. The van der Waals surface area contributed by atoms with Gasteiger partial charge in [-0.05, 0) is 17.7 Å². The first kappa shape index (κ1) is 11.7. The molecule has 0 aliphatic heterocycles. The summed E-state index contributed by atoms with van der Waals surface area (Å²) in [6.45, 7) is 0.0505. The van der Waals surface area contributed by atoms with Gasteiger partial charge in [-0.2, -0.15) is 0 Å². The molecule has 0 aliphatic rings. The standard InChI is InChI=1S/C9H7FN4O2/c10-8-6(9(15)16)3-5-12-7(8)2-1-4-13-14-11/h1-3,5H,4H2,(H,15,16). The number of hydrogen-bond donors (Lipinski definition) is 1. The Bertz CT molecular complexity index is 480. The minimum absolute atomic E-state index is 0.0505. The molecule has 16 heavy (non-hydrogen) atoms. The minimum atomic E-state index is -1.36. The number of halogens is 1. The number of nitrogens with zero attached hydrogens (tertiary/aromatic N) is 4. The number of aromatic carboxylic acids is 1. The molecule has 0 aromatic carbocycles. The Morgan fingerprint density at radius 2 is 2.50 bits per heavy atom. The van der Waals surface area contributed by atoms with Crippen LogP contribution in [0.2, 0.25) is 0 Å². The van der Waals surface area contributed by atoms with Crippen LogP contribution in [0.1, 0.15) is 16.1 Å². The predicted molar refractivity (Wildman–Crippen MR) is 54.2 cm³/mol. The van der Waals surface area contributed by atoms with Gasteiger partial charge in [-0.1, -0.05) is 11.2 Å². The number of carboxylic acid groups (broad SMARTS) is 1. The lowest BCUT2D eigenvalue weighted by atomic mass is 10.2. The summed E-state index contributed by atoms with van der Waals surface area (Å²) in [5.41, 5.74) is 7.44. The number of azide groups is 1. The number of hydrogen-bond acceptors (Lipinski definition) is 3. The lowest BCUT2D eigenvalue weighted by molar-refractivity contribution is 0.0691. The first-order valence-electron chi connectivity index (χ1n) is 4.22. The third kappa shape index (κ3) is 2.79. The van der Waals surface area contributed by atoms with Gasteiger partial charge in [0.05, 0.1) is 11.3 Å². The van der Waals surface area contributed by atoms with Gasteiger partial charge in [0.15, 0.2) is 5.82 Å². The number of aromatic nitrogens is 1. The molecule has 1 rings (SSSR count). The van der Waals surface area contributed by atoms with Gasteiger partial charge < -0.3 is 5.11 Å². The first-order chi connectivity index (χ1) is 7.66.